The monoisotopic (exact) mass is 359 g/mol. The van der Waals surface area contributed by atoms with Gasteiger partial charge in [0.25, 0.3) is 5.56 Å². The van der Waals surface area contributed by atoms with Crippen LogP contribution >= 0.6 is 35.1 Å². The Morgan fingerprint density at radius 1 is 1.48 bits per heavy atom. The molecule has 0 aromatic carbocycles. The molecule has 0 radical (unpaired) electrons. The van der Waals surface area contributed by atoms with E-state index in [1.807, 2.05) is 23.5 Å². The Hall–Kier alpha value is -0.540. The second kappa shape index (κ2) is 7.15. The molecule has 118 valence electrons. The van der Waals surface area contributed by atoms with Gasteiger partial charge in [0.2, 0.25) is 0 Å². The van der Waals surface area contributed by atoms with Gasteiger partial charge in [-0.2, -0.15) is 41.8 Å². The molecule has 10 heteroatoms. The zero-order chi connectivity index (χ0) is 15.5. The van der Waals surface area contributed by atoms with Gasteiger partial charge in [-0.1, -0.05) is 11.6 Å². The lowest BCUT2D eigenvalue weighted by Gasteiger charge is -2.21. The number of aromatic nitrogens is 2. The molecular weight excluding hydrogens is 347 g/mol. The highest BCUT2D eigenvalue weighted by Gasteiger charge is 2.29. The fourth-order valence-electron chi connectivity index (χ4n) is 1.75. The normalized spacial score (nSPS) is 19.5. The first-order valence-electron chi connectivity index (χ1n) is 6.12. The predicted octanol–water partition coefficient (Wildman–Crippen LogP) is 2.72. The summed E-state index contributed by atoms with van der Waals surface area (Å²) in [5.41, 5.74) is -0.666. The van der Waals surface area contributed by atoms with Gasteiger partial charge in [0.1, 0.15) is 11.6 Å². The van der Waals surface area contributed by atoms with Crippen molar-refractivity contribution >= 4 is 40.8 Å². The van der Waals surface area contributed by atoms with E-state index < -0.39 is 18.3 Å². The van der Waals surface area contributed by atoms with Gasteiger partial charge in [0.05, 0.1) is 11.9 Å². The third-order valence-electron chi connectivity index (χ3n) is 2.72. The van der Waals surface area contributed by atoms with E-state index in [0.717, 1.165) is 23.5 Å². The smallest absolute Gasteiger partial charge is 0.381 e. The molecule has 21 heavy (non-hydrogen) atoms. The molecule has 0 saturated carbocycles. The molecule has 0 amide bonds. The van der Waals surface area contributed by atoms with Gasteiger partial charge in [-0.3, -0.25) is 4.79 Å². The molecule has 1 aromatic rings. The van der Waals surface area contributed by atoms with Crippen LogP contribution in [0.15, 0.2) is 11.0 Å². The molecule has 2 rings (SSSR count). The SMILES string of the molecule is O=c1c(Cl)c(NCC2CSCCS2)cnn1CC(F)(F)F. The van der Waals surface area contributed by atoms with Crippen molar-refractivity contribution in [2.45, 2.75) is 18.0 Å². The fourth-order valence-corrected chi connectivity index (χ4v) is 4.57. The van der Waals surface area contributed by atoms with Crippen molar-refractivity contribution in [1.29, 1.82) is 0 Å². The number of alkyl halides is 3. The summed E-state index contributed by atoms with van der Waals surface area (Å²) in [4.78, 5) is 11.7. The standard InChI is InChI=1S/C11H13ClF3N3OS2/c12-9-8(16-3-7-5-20-1-2-21-7)4-17-18(10(9)19)6-11(13,14)15/h4,7,16H,1-3,5-6H2. The van der Waals surface area contributed by atoms with Crippen molar-refractivity contribution < 1.29 is 13.2 Å². The Kier molecular flexibility index (Phi) is 5.73. The first-order chi connectivity index (χ1) is 9.87. The predicted molar refractivity (Wildman–Crippen MR) is 81.6 cm³/mol. The summed E-state index contributed by atoms with van der Waals surface area (Å²) in [6, 6.07) is 0. The maximum atomic E-state index is 12.3. The van der Waals surface area contributed by atoms with E-state index in [-0.39, 0.29) is 10.7 Å². The number of anilines is 1. The topological polar surface area (TPSA) is 46.9 Å². The molecule has 1 fully saturated rings. The third-order valence-corrected chi connectivity index (χ3v) is 5.93. The average Bonchev–Trinajstić information content (AvgIpc) is 2.43. The minimum atomic E-state index is -4.51. The van der Waals surface area contributed by atoms with Crippen molar-refractivity contribution in [3.63, 3.8) is 0 Å². The number of hydrogen-bond acceptors (Lipinski definition) is 5. The first-order valence-corrected chi connectivity index (χ1v) is 8.70. The summed E-state index contributed by atoms with van der Waals surface area (Å²) in [6.07, 6.45) is -3.35. The fraction of sp³-hybridized carbons (Fsp3) is 0.636. The summed E-state index contributed by atoms with van der Waals surface area (Å²) in [5, 5.41) is 6.63. The molecule has 1 aliphatic rings. The van der Waals surface area contributed by atoms with Crippen LogP contribution in [0.4, 0.5) is 18.9 Å². The number of hydrogen-bond donors (Lipinski definition) is 1. The summed E-state index contributed by atoms with van der Waals surface area (Å²) in [7, 11) is 0. The van der Waals surface area contributed by atoms with Crippen LogP contribution in [0.3, 0.4) is 0 Å². The van der Waals surface area contributed by atoms with E-state index in [9.17, 15) is 18.0 Å². The zero-order valence-corrected chi connectivity index (χ0v) is 13.2. The van der Waals surface area contributed by atoms with Crippen molar-refractivity contribution in [1.82, 2.24) is 9.78 Å². The average molecular weight is 360 g/mol. The molecule has 0 aliphatic carbocycles. The molecule has 1 aromatic heterocycles. The summed E-state index contributed by atoms with van der Waals surface area (Å²) in [6.45, 7) is -0.845. The van der Waals surface area contributed by atoms with Gasteiger partial charge >= 0.3 is 6.18 Å². The van der Waals surface area contributed by atoms with Crippen LogP contribution in [0.5, 0.6) is 0 Å². The molecule has 1 aliphatic heterocycles. The molecule has 0 bridgehead atoms. The van der Waals surface area contributed by atoms with Gasteiger partial charge in [0.15, 0.2) is 0 Å². The number of rotatable bonds is 4. The number of nitrogens with one attached hydrogen (secondary N) is 1. The Labute approximate surface area is 132 Å². The highest BCUT2D eigenvalue weighted by Crippen LogP contribution is 2.25. The quantitative estimate of drug-likeness (QED) is 0.895. The number of halogens is 4. The molecule has 1 atom stereocenters. The summed E-state index contributed by atoms with van der Waals surface area (Å²) >= 11 is 9.51. The van der Waals surface area contributed by atoms with Gasteiger partial charge in [0, 0.05) is 29.1 Å². The van der Waals surface area contributed by atoms with E-state index >= 15 is 0 Å². The van der Waals surface area contributed by atoms with Crippen molar-refractivity contribution in [3.05, 3.63) is 21.6 Å². The molecule has 1 N–H and O–H groups in total. The highest BCUT2D eigenvalue weighted by molar-refractivity contribution is 8.06. The Morgan fingerprint density at radius 3 is 2.86 bits per heavy atom. The van der Waals surface area contributed by atoms with Gasteiger partial charge < -0.3 is 5.32 Å². The molecular formula is C11H13ClF3N3OS2. The minimum Gasteiger partial charge on any atom is -0.381 e. The second-order valence-corrected chi connectivity index (χ2v) is 7.33. The molecule has 1 unspecified atom stereocenters. The number of nitrogens with zero attached hydrogens (tertiary/aromatic N) is 2. The lowest BCUT2D eigenvalue weighted by molar-refractivity contribution is -0.143. The van der Waals surface area contributed by atoms with E-state index in [1.54, 1.807) is 0 Å². The van der Waals surface area contributed by atoms with Crippen LogP contribution in [0.1, 0.15) is 0 Å². The maximum Gasteiger partial charge on any atom is 0.408 e. The van der Waals surface area contributed by atoms with Crippen LogP contribution in [0.25, 0.3) is 0 Å². The molecule has 0 spiro atoms. The molecule has 2 heterocycles. The summed E-state index contributed by atoms with van der Waals surface area (Å²) < 4.78 is 37.2. The van der Waals surface area contributed by atoms with Crippen molar-refractivity contribution in [2.75, 3.05) is 29.1 Å². The van der Waals surface area contributed by atoms with Crippen molar-refractivity contribution in [3.8, 4) is 0 Å². The minimum absolute atomic E-state index is 0.261. The Bertz CT molecular complexity index is 546. The van der Waals surface area contributed by atoms with Gasteiger partial charge in [-0.05, 0) is 0 Å². The molecule has 4 nitrogen and oxygen atoms in total. The molecule has 1 saturated heterocycles. The second-order valence-electron chi connectivity index (χ2n) is 4.40. The van der Waals surface area contributed by atoms with E-state index in [1.165, 1.54) is 0 Å². The van der Waals surface area contributed by atoms with Crippen molar-refractivity contribution in [2.24, 2.45) is 0 Å². The van der Waals surface area contributed by atoms with E-state index in [2.05, 4.69) is 10.4 Å². The first kappa shape index (κ1) is 16.8. The van der Waals surface area contributed by atoms with E-state index in [4.69, 9.17) is 11.6 Å². The van der Waals surface area contributed by atoms with Crippen LogP contribution in [0, 0.1) is 0 Å². The zero-order valence-electron chi connectivity index (χ0n) is 10.8. The largest absolute Gasteiger partial charge is 0.408 e. The summed E-state index contributed by atoms with van der Waals surface area (Å²) in [5.74, 6) is 3.18. The van der Waals surface area contributed by atoms with Crippen LogP contribution in [-0.2, 0) is 6.54 Å². The van der Waals surface area contributed by atoms with Gasteiger partial charge in [-0.15, -0.1) is 0 Å². The highest BCUT2D eigenvalue weighted by atomic mass is 35.5. The van der Waals surface area contributed by atoms with E-state index in [0.29, 0.717) is 16.5 Å². The number of thioether (sulfide) groups is 2. The van der Waals surface area contributed by atoms with Crippen LogP contribution < -0.4 is 10.9 Å². The van der Waals surface area contributed by atoms with Crippen LogP contribution in [0.2, 0.25) is 5.02 Å². The van der Waals surface area contributed by atoms with Gasteiger partial charge in [-0.25, -0.2) is 4.68 Å². The Balaban J connectivity index is 2.04. The lowest BCUT2D eigenvalue weighted by atomic mass is 10.4. The van der Waals surface area contributed by atoms with Crippen LogP contribution in [-0.4, -0.2) is 45.0 Å². The lowest BCUT2D eigenvalue weighted by Crippen LogP contribution is -2.31. The maximum absolute atomic E-state index is 12.3. The third kappa shape index (κ3) is 5.00. The Morgan fingerprint density at radius 2 is 2.24 bits per heavy atom.